The summed E-state index contributed by atoms with van der Waals surface area (Å²) in [5, 5.41) is 8.69. The number of rotatable bonds is 3. The SMILES string of the molecule is CCN1CCc2c(nc(CC(=O)O)[nH]c2=O)C1. The highest BCUT2D eigenvalue weighted by atomic mass is 16.4. The minimum atomic E-state index is -0.990. The summed E-state index contributed by atoms with van der Waals surface area (Å²) in [5.74, 6) is -0.754. The van der Waals surface area contributed by atoms with E-state index < -0.39 is 5.97 Å². The molecule has 6 heteroatoms. The van der Waals surface area contributed by atoms with Crippen LogP contribution in [-0.4, -0.2) is 39.0 Å². The molecule has 2 N–H and O–H groups in total. The van der Waals surface area contributed by atoms with Gasteiger partial charge in [-0.2, -0.15) is 0 Å². The molecule has 0 atom stereocenters. The Bertz CT molecular complexity index is 495. The molecule has 1 aliphatic heterocycles. The fourth-order valence-corrected chi connectivity index (χ4v) is 2.04. The molecule has 0 amide bonds. The minimum absolute atomic E-state index is 0.193. The standard InChI is InChI=1S/C11H15N3O3/c1-2-14-4-3-7-8(6-14)12-9(5-10(15)16)13-11(7)17/h2-6H2,1H3,(H,15,16)(H,12,13,17). The number of carbonyl (C=O) groups is 1. The van der Waals surface area contributed by atoms with Crippen LogP contribution >= 0.6 is 0 Å². The van der Waals surface area contributed by atoms with Gasteiger partial charge in [0.15, 0.2) is 0 Å². The Labute approximate surface area is 98.3 Å². The molecule has 0 unspecified atom stereocenters. The molecule has 2 rings (SSSR count). The zero-order valence-corrected chi connectivity index (χ0v) is 9.69. The van der Waals surface area contributed by atoms with Crippen molar-refractivity contribution in [2.75, 3.05) is 13.1 Å². The highest BCUT2D eigenvalue weighted by Gasteiger charge is 2.20. The molecule has 0 saturated heterocycles. The Balaban J connectivity index is 2.34. The van der Waals surface area contributed by atoms with Crippen molar-refractivity contribution in [3.05, 3.63) is 27.4 Å². The van der Waals surface area contributed by atoms with Crippen LogP contribution in [0.4, 0.5) is 0 Å². The van der Waals surface area contributed by atoms with Gasteiger partial charge in [0.25, 0.3) is 5.56 Å². The van der Waals surface area contributed by atoms with Gasteiger partial charge in [-0.05, 0) is 13.0 Å². The van der Waals surface area contributed by atoms with Gasteiger partial charge in [-0.1, -0.05) is 6.92 Å². The van der Waals surface area contributed by atoms with E-state index in [1.807, 2.05) is 0 Å². The average Bonchev–Trinajstić information content (AvgIpc) is 2.27. The molecule has 0 aliphatic carbocycles. The van der Waals surface area contributed by atoms with Crippen LogP contribution in [0.25, 0.3) is 0 Å². The molecule has 0 aromatic carbocycles. The van der Waals surface area contributed by atoms with Crippen LogP contribution in [0, 0.1) is 0 Å². The van der Waals surface area contributed by atoms with E-state index in [0.29, 0.717) is 18.5 Å². The molecule has 1 aliphatic rings. The summed E-state index contributed by atoms with van der Waals surface area (Å²) in [6, 6.07) is 0. The van der Waals surface area contributed by atoms with Crippen molar-refractivity contribution in [1.29, 1.82) is 0 Å². The van der Waals surface area contributed by atoms with Crippen LogP contribution in [0.15, 0.2) is 4.79 Å². The number of aromatic nitrogens is 2. The zero-order chi connectivity index (χ0) is 12.4. The lowest BCUT2D eigenvalue weighted by Crippen LogP contribution is -2.35. The number of likely N-dealkylation sites (N-methyl/N-ethyl adjacent to an activating group) is 1. The van der Waals surface area contributed by atoms with Gasteiger partial charge >= 0.3 is 5.97 Å². The molecule has 0 fully saturated rings. The lowest BCUT2D eigenvalue weighted by molar-refractivity contribution is -0.136. The van der Waals surface area contributed by atoms with Crippen LogP contribution < -0.4 is 5.56 Å². The maximum Gasteiger partial charge on any atom is 0.311 e. The predicted octanol–water partition coefficient (Wildman–Crippen LogP) is -0.225. The largest absolute Gasteiger partial charge is 0.481 e. The van der Waals surface area contributed by atoms with E-state index in [-0.39, 0.29) is 17.8 Å². The first-order chi connectivity index (χ1) is 8.10. The second kappa shape index (κ2) is 4.67. The number of hydrogen-bond acceptors (Lipinski definition) is 4. The van der Waals surface area contributed by atoms with E-state index in [4.69, 9.17) is 5.11 Å². The molecule has 1 aromatic heterocycles. The molecule has 92 valence electrons. The number of aliphatic carboxylic acids is 1. The summed E-state index contributed by atoms with van der Waals surface area (Å²) in [4.78, 5) is 31.3. The number of nitrogens with zero attached hydrogens (tertiary/aromatic N) is 2. The first-order valence-corrected chi connectivity index (χ1v) is 5.65. The van der Waals surface area contributed by atoms with Gasteiger partial charge in [0.2, 0.25) is 0 Å². The van der Waals surface area contributed by atoms with Crippen molar-refractivity contribution < 1.29 is 9.90 Å². The molecule has 0 bridgehead atoms. The van der Waals surface area contributed by atoms with Crippen molar-refractivity contribution in [2.24, 2.45) is 0 Å². The quantitative estimate of drug-likeness (QED) is 0.758. The summed E-state index contributed by atoms with van der Waals surface area (Å²) in [5.41, 5.74) is 1.23. The lowest BCUT2D eigenvalue weighted by atomic mass is 10.1. The summed E-state index contributed by atoms with van der Waals surface area (Å²) in [6.07, 6.45) is 0.438. The van der Waals surface area contributed by atoms with Crippen molar-refractivity contribution >= 4 is 5.97 Å². The third-order valence-electron chi connectivity index (χ3n) is 2.97. The Morgan fingerprint density at radius 1 is 1.59 bits per heavy atom. The van der Waals surface area contributed by atoms with Gasteiger partial charge in [-0.3, -0.25) is 14.5 Å². The van der Waals surface area contributed by atoms with Gasteiger partial charge in [0, 0.05) is 18.7 Å². The van der Waals surface area contributed by atoms with E-state index in [2.05, 4.69) is 21.8 Å². The molecule has 0 spiro atoms. The normalized spacial score (nSPS) is 15.6. The monoisotopic (exact) mass is 237 g/mol. The van der Waals surface area contributed by atoms with Gasteiger partial charge in [0.05, 0.1) is 5.69 Å². The van der Waals surface area contributed by atoms with Crippen molar-refractivity contribution in [3.63, 3.8) is 0 Å². The van der Waals surface area contributed by atoms with Crippen molar-refractivity contribution in [2.45, 2.75) is 26.3 Å². The Morgan fingerprint density at radius 3 is 3.00 bits per heavy atom. The summed E-state index contributed by atoms with van der Waals surface area (Å²) in [7, 11) is 0. The summed E-state index contributed by atoms with van der Waals surface area (Å²) < 4.78 is 0. The smallest absolute Gasteiger partial charge is 0.311 e. The summed E-state index contributed by atoms with van der Waals surface area (Å²) in [6.45, 7) is 4.44. The Hall–Kier alpha value is -1.69. The number of fused-ring (bicyclic) bond motifs is 1. The first kappa shape index (κ1) is 11.8. The number of nitrogens with one attached hydrogen (secondary N) is 1. The van der Waals surface area contributed by atoms with Crippen LogP contribution in [0.3, 0.4) is 0 Å². The molecule has 2 heterocycles. The predicted molar refractivity (Wildman–Crippen MR) is 60.9 cm³/mol. The van der Waals surface area contributed by atoms with E-state index in [0.717, 1.165) is 18.8 Å². The molecule has 0 radical (unpaired) electrons. The zero-order valence-electron chi connectivity index (χ0n) is 9.69. The minimum Gasteiger partial charge on any atom is -0.481 e. The van der Waals surface area contributed by atoms with Crippen LogP contribution in [0.5, 0.6) is 0 Å². The first-order valence-electron chi connectivity index (χ1n) is 5.65. The molecular formula is C11H15N3O3. The Morgan fingerprint density at radius 2 is 2.35 bits per heavy atom. The lowest BCUT2D eigenvalue weighted by Gasteiger charge is -2.26. The highest BCUT2D eigenvalue weighted by Crippen LogP contribution is 2.13. The maximum absolute atomic E-state index is 11.8. The third-order valence-corrected chi connectivity index (χ3v) is 2.97. The molecular weight excluding hydrogens is 222 g/mol. The van der Waals surface area contributed by atoms with E-state index in [1.165, 1.54) is 0 Å². The number of H-pyrrole nitrogens is 1. The fourth-order valence-electron chi connectivity index (χ4n) is 2.04. The maximum atomic E-state index is 11.8. The van der Waals surface area contributed by atoms with E-state index in [1.54, 1.807) is 0 Å². The van der Waals surface area contributed by atoms with Crippen LogP contribution in [0.2, 0.25) is 0 Å². The van der Waals surface area contributed by atoms with E-state index >= 15 is 0 Å². The van der Waals surface area contributed by atoms with E-state index in [9.17, 15) is 9.59 Å². The number of aromatic amines is 1. The van der Waals surface area contributed by atoms with Crippen LogP contribution in [0.1, 0.15) is 24.0 Å². The third kappa shape index (κ3) is 2.52. The van der Waals surface area contributed by atoms with Crippen molar-refractivity contribution in [3.8, 4) is 0 Å². The average molecular weight is 237 g/mol. The second-order valence-corrected chi connectivity index (χ2v) is 4.13. The molecule has 0 saturated carbocycles. The second-order valence-electron chi connectivity index (χ2n) is 4.13. The number of carboxylic acid groups (broad SMARTS) is 1. The fraction of sp³-hybridized carbons (Fsp3) is 0.545. The van der Waals surface area contributed by atoms with Gasteiger partial charge in [0.1, 0.15) is 12.2 Å². The van der Waals surface area contributed by atoms with Crippen molar-refractivity contribution in [1.82, 2.24) is 14.9 Å². The molecule has 1 aromatic rings. The number of hydrogen-bond donors (Lipinski definition) is 2. The highest BCUT2D eigenvalue weighted by molar-refractivity contribution is 5.68. The summed E-state index contributed by atoms with van der Waals surface area (Å²) >= 11 is 0. The topological polar surface area (TPSA) is 86.3 Å². The molecule has 6 nitrogen and oxygen atoms in total. The Kier molecular flexibility index (Phi) is 3.23. The number of carboxylic acids is 1. The van der Waals surface area contributed by atoms with Gasteiger partial charge < -0.3 is 10.1 Å². The van der Waals surface area contributed by atoms with Crippen LogP contribution in [-0.2, 0) is 24.2 Å². The van der Waals surface area contributed by atoms with Gasteiger partial charge in [-0.25, -0.2) is 4.98 Å². The molecule has 17 heavy (non-hydrogen) atoms. The van der Waals surface area contributed by atoms with Gasteiger partial charge in [-0.15, -0.1) is 0 Å².